The van der Waals surface area contributed by atoms with E-state index in [0.717, 1.165) is 96.3 Å². The number of ether oxygens (including phenoxy) is 9. The molecule has 6 amide bonds. The molecule has 0 aliphatic heterocycles. The van der Waals surface area contributed by atoms with Crippen LogP contribution in [0.1, 0.15) is 161 Å². The Balaban J connectivity index is 1.58. The number of aliphatic carboxylic acids is 1. The summed E-state index contributed by atoms with van der Waals surface area (Å²) in [7, 11) is 0. The molecule has 0 radical (unpaired) electrons. The lowest BCUT2D eigenvalue weighted by Crippen LogP contribution is -2.60. The lowest BCUT2D eigenvalue weighted by atomic mass is 9.84. The number of carbonyl (C=O) groups is 7. The first-order valence-corrected chi connectivity index (χ1v) is 36.4. The number of amides is 6. The van der Waals surface area contributed by atoms with Gasteiger partial charge in [0.1, 0.15) is 36.3 Å². The first-order chi connectivity index (χ1) is 48.9. The van der Waals surface area contributed by atoms with Crippen molar-refractivity contribution in [2.24, 2.45) is 40.1 Å². The number of azide groups is 1. The topological polar surface area (TPSA) is 529 Å². The summed E-state index contributed by atoms with van der Waals surface area (Å²) >= 11 is 0. The van der Waals surface area contributed by atoms with Gasteiger partial charge in [-0.15, -0.1) is 0 Å². The number of carbonyl (C=O) groups excluding carboxylic acids is 6. The van der Waals surface area contributed by atoms with Gasteiger partial charge < -0.3 is 113 Å². The van der Waals surface area contributed by atoms with Crippen molar-refractivity contribution >= 4 is 59.3 Å². The summed E-state index contributed by atoms with van der Waals surface area (Å²) in [6.07, 6.45) is 15.1. The van der Waals surface area contributed by atoms with E-state index in [1.165, 1.54) is 0 Å². The van der Waals surface area contributed by atoms with E-state index in [9.17, 15) is 38.7 Å². The van der Waals surface area contributed by atoms with E-state index in [2.05, 4.69) is 57.9 Å². The third-order valence-corrected chi connectivity index (χ3v) is 17.5. The van der Waals surface area contributed by atoms with Gasteiger partial charge in [0.25, 0.3) is 0 Å². The van der Waals surface area contributed by atoms with E-state index >= 15 is 0 Å². The van der Waals surface area contributed by atoms with Crippen molar-refractivity contribution in [2.75, 3.05) is 145 Å². The van der Waals surface area contributed by atoms with Crippen LogP contribution in [-0.2, 0) is 76.2 Å². The van der Waals surface area contributed by atoms with Crippen molar-refractivity contribution in [1.82, 2.24) is 47.9 Å². The fraction of sp³-hybridized carbons (Fsp3) is 0.848. The van der Waals surface area contributed by atoms with Crippen LogP contribution in [0, 0.1) is 34.0 Å². The summed E-state index contributed by atoms with van der Waals surface area (Å²) in [6, 6.07) is -7.25. The second-order valence-electron chi connectivity index (χ2n) is 25.6. The van der Waals surface area contributed by atoms with Gasteiger partial charge in [-0.3, -0.25) is 45.0 Å². The maximum atomic E-state index is 14.9. The second kappa shape index (κ2) is 57.5. The molecule has 35 heteroatoms. The van der Waals surface area contributed by atoms with Gasteiger partial charge in [-0.1, -0.05) is 101 Å². The minimum atomic E-state index is -1.32. The third kappa shape index (κ3) is 45.6. The molecular formula is C66H122N18O17. The molecule has 3 fully saturated rings. The molecule has 0 heterocycles. The second-order valence-corrected chi connectivity index (χ2v) is 25.6. The van der Waals surface area contributed by atoms with E-state index in [4.69, 9.17) is 81.6 Å². The molecule has 35 nitrogen and oxygen atoms in total. The number of carboxylic acid groups (broad SMARTS) is 1. The summed E-state index contributed by atoms with van der Waals surface area (Å²) in [4.78, 5) is 102. The lowest BCUT2D eigenvalue weighted by molar-refractivity contribution is -0.142. The van der Waals surface area contributed by atoms with Crippen molar-refractivity contribution in [3.63, 3.8) is 0 Å². The summed E-state index contributed by atoms with van der Waals surface area (Å²) in [5.74, 6) is -5.79. The summed E-state index contributed by atoms with van der Waals surface area (Å²) in [5, 5.41) is 61.5. The SMILES string of the molecule is [N-]=[N+]=NCCOCCOCCOCCOCCOCCOCCOCCOCCOCCC(=O)N[C@@H](CC1CCCCC1)C(=O)N[C@H](CCCNC(=N)N)C(=O)N[C@@H](CC1CCCCC1)C(=O)N[C@H](CCCNC(=N)N)C(=O)N[C@@H](CC1CCCCC1)C(=O)N[C@H](CCCNC(=N)N)C(=O)O. The standard InChI is InChI=1S/C66H122N18O17/c67-64(68)74-23-10-19-51(79-60(88)54(45-48-13-4-1-5-14-48)78-57(85)22-27-93-29-31-95-33-35-97-37-39-99-41-43-101-44-42-100-40-38-98-36-34-96-32-30-94-28-26-77-84-73)58(86)82-55(46-49-15-6-2-7-16-49)61(89)80-52(20-11-24-75-65(69)70)59(87)83-56(47-50-17-8-3-9-18-50)62(90)81-53(63(91)92)21-12-25-76-66(71)72/h48-56H,1-47H2,(H,78,85)(H,79,88)(H,80,89)(H,81,90)(H,82,86)(H,83,87)(H,91,92)(H4,67,68,74)(H4,69,70,75)(H4,71,72,76)/t51-,52-,53-,54+,55+,56+/m1/s1. The Morgan fingerprint density at radius 1 is 0.386 bits per heavy atom. The molecule has 578 valence electrons. The van der Waals surface area contributed by atoms with Crippen molar-refractivity contribution in [1.29, 1.82) is 16.2 Å². The average Bonchev–Trinajstić information content (AvgIpc) is 0.871. The molecule has 19 N–H and O–H groups in total. The van der Waals surface area contributed by atoms with Crippen LogP contribution in [0.4, 0.5) is 0 Å². The minimum absolute atomic E-state index is 0.00468. The molecule has 3 aliphatic rings. The van der Waals surface area contributed by atoms with Gasteiger partial charge in [-0.05, 0) is 81.1 Å². The van der Waals surface area contributed by atoms with Crippen molar-refractivity contribution in [3.05, 3.63) is 10.4 Å². The van der Waals surface area contributed by atoms with Gasteiger partial charge in [-0.25, -0.2) is 4.79 Å². The molecule has 0 bridgehead atoms. The smallest absolute Gasteiger partial charge is 0.326 e. The number of hydrogen-bond donors (Lipinski definition) is 16. The molecule has 0 unspecified atom stereocenters. The molecule has 0 aromatic carbocycles. The van der Waals surface area contributed by atoms with Crippen LogP contribution in [-0.4, -0.2) is 246 Å². The van der Waals surface area contributed by atoms with Crippen molar-refractivity contribution < 1.29 is 81.3 Å². The number of carboxylic acids is 1. The Morgan fingerprint density at radius 2 is 0.644 bits per heavy atom. The van der Waals surface area contributed by atoms with E-state index in [1.807, 2.05) is 0 Å². The largest absolute Gasteiger partial charge is 0.480 e. The minimum Gasteiger partial charge on any atom is -0.480 e. The van der Waals surface area contributed by atoms with Crippen LogP contribution in [0.3, 0.4) is 0 Å². The summed E-state index contributed by atoms with van der Waals surface area (Å²) < 4.78 is 49.6. The van der Waals surface area contributed by atoms with E-state index in [1.54, 1.807) is 0 Å². The first-order valence-electron chi connectivity index (χ1n) is 36.4. The zero-order chi connectivity index (χ0) is 73.3. The average molecular weight is 1440 g/mol. The van der Waals surface area contributed by atoms with E-state index in [-0.39, 0.29) is 133 Å². The number of nitrogens with two attached hydrogens (primary N) is 3. The third-order valence-electron chi connectivity index (χ3n) is 17.5. The Morgan fingerprint density at radius 3 is 0.941 bits per heavy atom. The maximum absolute atomic E-state index is 14.9. The number of nitrogens with zero attached hydrogens (tertiary/aromatic N) is 3. The van der Waals surface area contributed by atoms with Gasteiger partial charge in [0, 0.05) is 37.5 Å². The zero-order valence-corrected chi connectivity index (χ0v) is 59.5. The normalized spacial score (nSPS) is 16.2. The highest BCUT2D eigenvalue weighted by Crippen LogP contribution is 2.30. The molecule has 6 atom stereocenters. The molecule has 0 aromatic heterocycles. The predicted molar refractivity (Wildman–Crippen MR) is 376 cm³/mol. The molecule has 3 aliphatic carbocycles. The van der Waals surface area contributed by atoms with Crippen molar-refractivity contribution in [2.45, 2.75) is 197 Å². The van der Waals surface area contributed by atoms with Gasteiger partial charge >= 0.3 is 5.97 Å². The van der Waals surface area contributed by atoms with Crippen LogP contribution < -0.4 is 65.1 Å². The molecule has 0 spiro atoms. The Labute approximate surface area is 595 Å². The first kappa shape index (κ1) is 88.3. The van der Waals surface area contributed by atoms with Crippen molar-refractivity contribution in [3.8, 4) is 0 Å². The highest BCUT2D eigenvalue weighted by atomic mass is 16.6. The van der Waals surface area contributed by atoms with Crippen LogP contribution in [0.25, 0.3) is 10.4 Å². The monoisotopic (exact) mass is 1440 g/mol. The van der Waals surface area contributed by atoms with Crippen LogP contribution >= 0.6 is 0 Å². The Kier molecular flexibility index (Phi) is 50.3. The predicted octanol–water partition coefficient (Wildman–Crippen LogP) is 1.53. The van der Waals surface area contributed by atoms with Gasteiger partial charge in [0.15, 0.2) is 17.9 Å². The highest BCUT2D eigenvalue weighted by Gasteiger charge is 2.36. The summed E-state index contributed by atoms with van der Waals surface area (Å²) in [6.45, 7) is 7.37. The summed E-state index contributed by atoms with van der Waals surface area (Å²) in [5.41, 5.74) is 24.8. The van der Waals surface area contributed by atoms with Crippen LogP contribution in [0.15, 0.2) is 5.11 Å². The van der Waals surface area contributed by atoms with E-state index in [0.29, 0.717) is 112 Å². The number of nitrogens with one attached hydrogen (secondary N) is 12. The van der Waals surface area contributed by atoms with Gasteiger partial charge in [0.2, 0.25) is 35.4 Å². The number of hydrogen-bond acceptors (Lipinski definition) is 20. The van der Waals surface area contributed by atoms with Crippen LogP contribution in [0.5, 0.6) is 0 Å². The van der Waals surface area contributed by atoms with E-state index < -0.39 is 77.7 Å². The fourth-order valence-electron chi connectivity index (χ4n) is 12.2. The molecule has 3 rings (SSSR count). The zero-order valence-electron chi connectivity index (χ0n) is 59.5. The highest BCUT2D eigenvalue weighted by molar-refractivity contribution is 5.97. The van der Waals surface area contributed by atoms with Gasteiger partial charge in [-0.2, -0.15) is 0 Å². The molecule has 3 saturated carbocycles. The number of rotatable bonds is 60. The quantitative estimate of drug-likeness (QED) is 0.0103. The molecule has 0 aromatic rings. The lowest BCUT2D eigenvalue weighted by Gasteiger charge is -2.31. The Bertz CT molecular complexity index is 2400. The van der Waals surface area contributed by atoms with Gasteiger partial charge in [0.05, 0.1) is 119 Å². The Hall–Kier alpha value is -6.95. The molecule has 0 saturated heterocycles. The number of guanidine groups is 3. The van der Waals surface area contributed by atoms with Crippen LogP contribution in [0.2, 0.25) is 0 Å². The maximum Gasteiger partial charge on any atom is 0.326 e. The molecule has 101 heavy (non-hydrogen) atoms. The molecular weight excluding hydrogens is 1320 g/mol. The fourth-order valence-corrected chi connectivity index (χ4v) is 12.2.